The van der Waals surface area contributed by atoms with Gasteiger partial charge in [-0.1, -0.05) is 12.2 Å². The Hall–Kier alpha value is -1.20. The van der Waals surface area contributed by atoms with Crippen molar-refractivity contribution in [2.75, 3.05) is 33.0 Å². The van der Waals surface area contributed by atoms with Gasteiger partial charge in [-0.05, 0) is 18.3 Å². The summed E-state index contributed by atoms with van der Waals surface area (Å²) in [4.78, 5) is 28.6. The fourth-order valence-electron chi connectivity index (χ4n) is 4.05. The van der Waals surface area contributed by atoms with Crippen molar-refractivity contribution in [2.24, 2.45) is 23.7 Å². The first-order valence-corrected chi connectivity index (χ1v) is 7.09. The third-order valence-corrected chi connectivity index (χ3v) is 5.01. The van der Waals surface area contributed by atoms with E-state index in [0.717, 1.165) is 19.5 Å². The Morgan fingerprint density at radius 1 is 1.05 bits per heavy atom. The standard InChI is InChI=1S/C14H18N2O3/c17-13-11-9-1-2-10(7-9)12(11)14(18)16(13)8-15-3-5-19-6-4-15/h1-2,9-12H,3-8H2/t9-,10-,11+,12+/m0/s1. The van der Waals surface area contributed by atoms with Crippen LogP contribution in [0, 0.1) is 23.7 Å². The number of morpholine rings is 1. The monoisotopic (exact) mass is 262 g/mol. The number of rotatable bonds is 2. The lowest BCUT2D eigenvalue weighted by atomic mass is 9.85. The molecule has 4 aliphatic rings. The number of hydrogen-bond acceptors (Lipinski definition) is 4. The van der Waals surface area contributed by atoms with E-state index in [1.54, 1.807) is 0 Å². The first kappa shape index (κ1) is 11.6. The van der Waals surface area contributed by atoms with Crippen molar-refractivity contribution < 1.29 is 14.3 Å². The number of likely N-dealkylation sites (tertiary alicyclic amines) is 1. The number of ether oxygens (including phenoxy) is 1. The van der Waals surface area contributed by atoms with Gasteiger partial charge in [0.05, 0.1) is 31.7 Å². The van der Waals surface area contributed by atoms with Crippen LogP contribution in [0.1, 0.15) is 6.42 Å². The average Bonchev–Trinajstić information content (AvgIpc) is 3.10. The largest absolute Gasteiger partial charge is 0.379 e. The van der Waals surface area contributed by atoms with E-state index in [-0.39, 0.29) is 23.7 Å². The van der Waals surface area contributed by atoms with E-state index in [4.69, 9.17) is 4.74 Å². The molecular formula is C14H18N2O3. The lowest BCUT2D eigenvalue weighted by molar-refractivity contribution is -0.144. The van der Waals surface area contributed by atoms with Crippen molar-refractivity contribution in [3.05, 3.63) is 12.2 Å². The fourth-order valence-corrected chi connectivity index (χ4v) is 4.05. The van der Waals surface area contributed by atoms with Crippen molar-refractivity contribution in [2.45, 2.75) is 6.42 Å². The van der Waals surface area contributed by atoms with Crippen LogP contribution >= 0.6 is 0 Å². The Balaban J connectivity index is 1.52. The fraction of sp³-hybridized carbons (Fsp3) is 0.714. The maximum Gasteiger partial charge on any atom is 0.234 e. The number of carbonyl (C=O) groups excluding carboxylic acids is 2. The zero-order chi connectivity index (χ0) is 13.0. The van der Waals surface area contributed by atoms with Crippen molar-refractivity contribution in [3.8, 4) is 0 Å². The summed E-state index contributed by atoms with van der Waals surface area (Å²) in [5.41, 5.74) is 0. The molecule has 0 aromatic heterocycles. The number of amides is 2. The summed E-state index contributed by atoms with van der Waals surface area (Å²) in [5, 5.41) is 0. The van der Waals surface area contributed by atoms with Crippen LogP contribution in [0.25, 0.3) is 0 Å². The van der Waals surface area contributed by atoms with Gasteiger partial charge >= 0.3 is 0 Å². The van der Waals surface area contributed by atoms with Crippen molar-refractivity contribution in [1.29, 1.82) is 0 Å². The molecule has 2 aliphatic carbocycles. The molecule has 4 atom stereocenters. The van der Waals surface area contributed by atoms with Gasteiger partial charge in [-0.2, -0.15) is 0 Å². The second-order valence-electron chi connectivity index (χ2n) is 5.98. The highest BCUT2D eigenvalue weighted by Gasteiger charge is 2.59. The molecular weight excluding hydrogens is 244 g/mol. The molecule has 2 saturated heterocycles. The summed E-state index contributed by atoms with van der Waals surface area (Å²) in [6.07, 6.45) is 5.27. The van der Waals surface area contributed by atoms with Crippen molar-refractivity contribution in [1.82, 2.24) is 9.80 Å². The van der Waals surface area contributed by atoms with E-state index in [0.29, 0.717) is 31.7 Å². The van der Waals surface area contributed by atoms with Crippen LogP contribution in [0.5, 0.6) is 0 Å². The second-order valence-corrected chi connectivity index (χ2v) is 5.98. The third-order valence-electron chi connectivity index (χ3n) is 5.01. The van der Waals surface area contributed by atoms with E-state index in [1.807, 2.05) is 0 Å². The van der Waals surface area contributed by atoms with Crippen LogP contribution in [0.2, 0.25) is 0 Å². The molecule has 3 fully saturated rings. The Bertz CT molecular complexity index is 426. The van der Waals surface area contributed by atoms with E-state index < -0.39 is 0 Å². The minimum absolute atomic E-state index is 0.0540. The van der Waals surface area contributed by atoms with Crippen LogP contribution in [0.4, 0.5) is 0 Å². The topological polar surface area (TPSA) is 49.9 Å². The first-order chi connectivity index (χ1) is 9.25. The molecule has 0 unspecified atom stereocenters. The molecule has 4 rings (SSSR count). The summed E-state index contributed by atoms with van der Waals surface area (Å²) in [6.45, 7) is 3.44. The normalized spacial score (nSPS) is 41.4. The first-order valence-electron chi connectivity index (χ1n) is 7.09. The summed E-state index contributed by atoms with van der Waals surface area (Å²) < 4.78 is 5.30. The smallest absolute Gasteiger partial charge is 0.234 e. The molecule has 0 N–H and O–H groups in total. The molecule has 5 heteroatoms. The lowest BCUT2D eigenvalue weighted by Gasteiger charge is -2.30. The molecule has 102 valence electrons. The summed E-state index contributed by atoms with van der Waals surface area (Å²) in [7, 11) is 0. The van der Waals surface area contributed by atoms with Crippen LogP contribution < -0.4 is 0 Å². The Morgan fingerprint density at radius 3 is 2.21 bits per heavy atom. The van der Waals surface area contributed by atoms with E-state index in [1.165, 1.54) is 4.90 Å². The SMILES string of the molecule is O=C1[C@H]2[C@H](C(=O)N1CN1CCOCC1)[C@H]1C=C[C@H]2C1. The zero-order valence-corrected chi connectivity index (χ0v) is 10.8. The molecule has 19 heavy (non-hydrogen) atoms. The van der Waals surface area contributed by atoms with Gasteiger partial charge in [-0.3, -0.25) is 19.4 Å². The van der Waals surface area contributed by atoms with Gasteiger partial charge in [-0.25, -0.2) is 0 Å². The molecule has 1 saturated carbocycles. The van der Waals surface area contributed by atoms with Gasteiger partial charge in [0.25, 0.3) is 0 Å². The molecule has 2 heterocycles. The van der Waals surface area contributed by atoms with Crippen LogP contribution in [0.15, 0.2) is 12.2 Å². The lowest BCUT2D eigenvalue weighted by Crippen LogP contribution is -2.46. The van der Waals surface area contributed by atoms with Gasteiger partial charge in [0.2, 0.25) is 11.8 Å². The highest BCUT2D eigenvalue weighted by molar-refractivity contribution is 6.06. The van der Waals surface area contributed by atoms with Gasteiger partial charge < -0.3 is 4.74 Å². The maximum atomic E-state index is 12.5. The molecule has 0 aromatic rings. The minimum atomic E-state index is -0.0662. The van der Waals surface area contributed by atoms with E-state index in [2.05, 4.69) is 17.1 Å². The second kappa shape index (κ2) is 4.15. The quantitative estimate of drug-likeness (QED) is 0.522. The molecule has 2 bridgehead atoms. The summed E-state index contributed by atoms with van der Waals surface area (Å²) in [6, 6.07) is 0. The van der Waals surface area contributed by atoms with Gasteiger partial charge in [-0.15, -0.1) is 0 Å². The number of fused-ring (bicyclic) bond motifs is 5. The van der Waals surface area contributed by atoms with Crippen LogP contribution in [0.3, 0.4) is 0 Å². The zero-order valence-electron chi connectivity index (χ0n) is 10.8. The number of carbonyl (C=O) groups is 2. The highest BCUT2D eigenvalue weighted by atomic mass is 16.5. The van der Waals surface area contributed by atoms with Gasteiger partial charge in [0.15, 0.2) is 0 Å². The number of nitrogens with zero attached hydrogens (tertiary/aromatic N) is 2. The Morgan fingerprint density at radius 2 is 1.63 bits per heavy atom. The third kappa shape index (κ3) is 1.61. The molecule has 0 aromatic carbocycles. The van der Waals surface area contributed by atoms with Crippen LogP contribution in [-0.4, -0.2) is 54.6 Å². The van der Waals surface area contributed by atoms with Gasteiger partial charge in [0.1, 0.15) is 0 Å². The predicted molar refractivity (Wildman–Crippen MR) is 66.8 cm³/mol. The number of imide groups is 1. The summed E-state index contributed by atoms with van der Waals surface area (Å²) >= 11 is 0. The molecule has 0 spiro atoms. The molecule has 0 radical (unpaired) electrons. The number of hydrogen-bond donors (Lipinski definition) is 0. The minimum Gasteiger partial charge on any atom is -0.379 e. The molecule has 5 nitrogen and oxygen atoms in total. The molecule has 2 amide bonds. The Kier molecular flexibility index (Phi) is 2.53. The maximum absolute atomic E-state index is 12.5. The number of allylic oxidation sites excluding steroid dienone is 2. The van der Waals surface area contributed by atoms with E-state index in [9.17, 15) is 9.59 Å². The van der Waals surface area contributed by atoms with Crippen LogP contribution in [-0.2, 0) is 14.3 Å². The summed E-state index contributed by atoms with van der Waals surface area (Å²) in [5.74, 6) is 0.589. The van der Waals surface area contributed by atoms with Gasteiger partial charge in [0, 0.05) is 13.1 Å². The van der Waals surface area contributed by atoms with Crippen molar-refractivity contribution in [3.63, 3.8) is 0 Å². The molecule has 2 aliphatic heterocycles. The average molecular weight is 262 g/mol. The predicted octanol–water partition coefficient (Wildman–Crippen LogP) is 0.0832. The Labute approximate surface area is 112 Å². The highest BCUT2D eigenvalue weighted by Crippen LogP contribution is 2.52. The van der Waals surface area contributed by atoms with E-state index >= 15 is 0 Å². The van der Waals surface area contributed by atoms with Crippen molar-refractivity contribution >= 4 is 11.8 Å².